The highest BCUT2D eigenvalue weighted by molar-refractivity contribution is 5.20. The lowest BCUT2D eigenvalue weighted by atomic mass is 10.1. The summed E-state index contributed by atoms with van der Waals surface area (Å²) in [7, 11) is 0. The van der Waals surface area contributed by atoms with Gasteiger partial charge >= 0.3 is 5.63 Å². The normalized spacial score (nSPS) is 10.5. The van der Waals surface area contributed by atoms with E-state index in [1.54, 1.807) is 13.0 Å². The van der Waals surface area contributed by atoms with E-state index < -0.39 is 0 Å². The lowest BCUT2D eigenvalue weighted by Crippen LogP contribution is -2.02. The molecule has 3 heteroatoms. The summed E-state index contributed by atoms with van der Waals surface area (Å²) in [6.45, 7) is 12.5. The second kappa shape index (κ2) is 11.0. The molecular weight excluding hydrogens is 264 g/mol. The maximum absolute atomic E-state index is 11.1. The van der Waals surface area contributed by atoms with E-state index in [4.69, 9.17) is 9.15 Å². The Morgan fingerprint density at radius 2 is 1.86 bits per heavy atom. The first kappa shape index (κ1) is 19.2. The van der Waals surface area contributed by atoms with Crippen LogP contribution in [-0.4, -0.2) is 6.61 Å². The monoisotopic (exact) mass is 292 g/mol. The Kier molecular flexibility index (Phi) is 10.0. The Balaban J connectivity index is 0.00000191. The summed E-state index contributed by atoms with van der Waals surface area (Å²) in [5.41, 5.74) is 2.26. The minimum atomic E-state index is -0.376. The predicted octanol–water partition coefficient (Wildman–Crippen LogP) is 5.05. The van der Waals surface area contributed by atoms with E-state index in [-0.39, 0.29) is 5.63 Å². The van der Waals surface area contributed by atoms with Crippen molar-refractivity contribution in [2.45, 2.75) is 54.4 Å². The summed E-state index contributed by atoms with van der Waals surface area (Å²) in [6, 6.07) is 3.08. The predicted molar refractivity (Wildman–Crippen MR) is 89.0 cm³/mol. The second-order valence-electron chi connectivity index (χ2n) is 4.90. The molecule has 0 atom stereocenters. The van der Waals surface area contributed by atoms with Crippen molar-refractivity contribution in [2.24, 2.45) is 0 Å². The van der Waals surface area contributed by atoms with Crippen LogP contribution in [0.25, 0.3) is 0 Å². The first-order valence-electron chi connectivity index (χ1n) is 7.51. The number of ether oxygens (including phenoxy) is 1. The van der Waals surface area contributed by atoms with Gasteiger partial charge in [-0.3, -0.25) is 0 Å². The lowest BCUT2D eigenvalue weighted by Gasteiger charge is -2.04. The van der Waals surface area contributed by atoms with Gasteiger partial charge in [-0.15, -0.1) is 0 Å². The zero-order valence-electron chi connectivity index (χ0n) is 14.2. The van der Waals surface area contributed by atoms with Crippen LogP contribution in [0.2, 0.25) is 0 Å². The Morgan fingerprint density at radius 3 is 2.43 bits per heavy atom. The van der Waals surface area contributed by atoms with Crippen molar-refractivity contribution in [3.05, 3.63) is 51.6 Å². The molecule has 0 radical (unpaired) electrons. The lowest BCUT2D eigenvalue weighted by molar-refractivity contribution is 0.351. The average molecular weight is 292 g/mol. The molecule has 1 aromatic heterocycles. The minimum Gasteiger partial charge on any atom is -0.489 e. The van der Waals surface area contributed by atoms with Crippen molar-refractivity contribution >= 4 is 0 Å². The Bertz CT molecular complexity index is 518. The molecule has 0 fully saturated rings. The fourth-order valence-electron chi connectivity index (χ4n) is 1.63. The number of allylic oxidation sites excluding steroid dienone is 3. The standard InChI is InChI=1S/C16H22O3.C2H6/c1-12(2)6-5-7-13(3)8-9-18-15-10-14(4)19-16(17)11-15;1-2/h6,8,10-11H,5,7,9H2,1-4H3;1-2H3/b13-8+;. The fourth-order valence-corrected chi connectivity index (χ4v) is 1.63. The molecule has 0 aromatic carbocycles. The topological polar surface area (TPSA) is 39.4 Å². The van der Waals surface area contributed by atoms with Crippen LogP contribution < -0.4 is 10.4 Å². The summed E-state index contributed by atoms with van der Waals surface area (Å²) in [5.74, 6) is 1.12. The first-order chi connectivity index (χ1) is 9.97. The summed E-state index contributed by atoms with van der Waals surface area (Å²) in [6.07, 6.45) is 6.36. The van der Waals surface area contributed by atoms with Gasteiger partial charge in [0.25, 0.3) is 0 Å². The third kappa shape index (κ3) is 9.72. The van der Waals surface area contributed by atoms with Crippen molar-refractivity contribution in [2.75, 3.05) is 6.61 Å². The van der Waals surface area contributed by atoms with Gasteiger partial charge in [-0.2, -0.15) is 0 Å². The van der Waals surface area contributed by atoms with E-state index in [9.17, 15) is 4.79 Å². The zero-order chi connectivity index (χ0) is 16.3. The molecule has 0 saturated heterocycles. The van der Waals surface area contributed by atoms with Crippen molar-refractivity contribution in [3.8, 4) is 5.75 Å². The SMILES string of the molecule is CC.CC(C)=CCC/C(C)=C/COc1cc(C)oc(=O)c1. The zero-order valence-corrected chi connectivity index (χ0v) is 14.2. The molecule has 1 heterocycles. The van der Waals surface area contributed by atoms with Gasteiger partial charge in [0.2, 0.25) is 0 Å². The van der Waals surface area contributed by atoms with Gasteiger partial charge in [0.05, 0.1) is 6.07 Å². The fraction of sp³-hybridized carbons (Fsp3) is 0.500. The van der Waals surface area contributed by atoms with Crippen LogP contribution in [-0.2, 0) is 0 Å². The van der Waals surface area contributed by atoms with Gasteiger partial charge in [0.15, 0.2) is 0 Å². The van der Waals surface area contributed by atoms with Gasteiger partial charge in [0, 0.05) is 6.07 Å². The summed E-state index contributed by atoms with van der Waals surface area (Å²) >= 11 is 0. The van der Waals surface area contributed by atoms with Crippen molar-refractivity contribution < 1.29 is 9.15 Å². The molecule has 0 N–H and O–H groups in total. The highest BCUT2D eigenvalue weighted by Gasteiger charge is 1.98. The average Bonchev–Trinajstić information content (AvgIpc) is 2.39. The van der Waals surface area contributed by atoms with Gasteiger partial charge in [-0.1, -0.05) is 31.1 Å². The summed E-state index contributed by atoms with van der Waals surface area (Å²) in [5, 5.41) is 0. The first-order valence-corrected chi connectivity index (χ1v) is 7.51. The van der Waals surface area contributed by atoms with E-state index in [2.05, 4.69) is 26.8 Å². The Morgan fingerprint density at radius 1 is 1.19 bits per heavy atom. The molecule has 0 aliphatic carbocycles. The van der Waals surface area contributed by atoms with Crippen LogP contribution in [0, 0.1) is 6.92 Å². The highest BCUT2D eigenvalue weighted by atomic mass is 16.5. The van der Waals surface area contributed by atoms with Crippen LogP contribution in [0.15, 0.2) is 44.6 Å². The number of rotatable bonds is 6. The molecule has 0 aliphatic rings. The van der Waals surface area contributed by atoms with Crippen molar-refractivity contribution in [3.63, 3.8) is 0 Å². The number of aryl methyl sites for hydroxylation is 1. The minimum absolute atomic E-state index is 0.376. The maximum atomic E-state index is 11.1. The van der Waals surface area contributed by atoms with E-state index in [1.165, 1.54) is 17.2 Å². The molecule has 1 rings (SSSR count). The molecule has 1 aromatic rings. The van der Waals surface area contributed by atoms with E-state index in [0.29, 0.717) is 18.1 Å². The van der Waals surface area contributed by atoms with Crippen LogP contribution in [0.5, 0.6) is 5.75 Å². The summed E-state index contributed by atoms with van der Waals surface area (Å²) < 4.78 is 10.4. The third-order valence-corrected chi connectivity index (χ3v) is 2.64. The van der Waals surface area contributed by atoms with E-state index in [0.717, 1.165) is 12.8 Å². The second-order valence-corrected chi connectivity index (χ2v) is 4.90. The van der Waals surface area contributed by atoms with Gasteiger partial charge in [-0.05, 0) is 46.6 Å². The molecule has 0 aliphatic heterocycles. The molecular formula is C18H28O3. The molecule has 21 heavy (non-hydrogen) atoms. The van der Waals surface area contributed by atoms with Gasteiger partial charge < -0.3 is 9.15 Å². The van der Waals surface area contributed by atoms with Crippen LogP contribution >= 0.6 is 0 Å². The molecule has 0 saturated carbocycles. The highest BCUT2D eigenvalue weighted by Crippen LogP contribution is 2.11. The van der Waals surface area contributed by atoms with Crippen molar-refractivity contribution in [1.82, 2.24) is 0 Å². The number of hydrogen-bond donors (Lipinski definition) is 0. The maximum Gasteiger partial charge on any atom is 0.339 e. The summed E-state index contributed by atoms with van der Waals surface area (Å²) in [4.78, 5) is 11.1. The smallest absolute Gasteiger partial charge is 0.339 e. The molecule has 0 spiro atoms. The van der Waals surface area contributed by atoms with Crippen molar-refractivity contribution in [1.29, 1.82) is 0 Å². The Hall–Kier alpha value is -1.77. The molecule has 118 valence electrons. The van der Waals surface area contributed by atoms with Crippen LogP contribution in [0.1, 0.15) is 53.2 Å². The largest absolute Gasteiger partial charge is 0.489 e. The van der Waals surface area contributed by atoms with E-state index >= 15 is 0 Å². The van der Waals surface area contributed by atoms with Crippen LogP contribution in [0.3, 0.4) is 0 Å². The molecule has 0 amide bonds. The number of hydrogen-bond acceptors (Lipinski definition) is 3. The Labute approximate surface area is 128 Å². The quantitative estimate of drug-likeness (QED) is 0.689. The van der Waals surface area contributed by atoms with Crippen LogP contribution in [0.4, 0.5) is 0 Å². The van der Waals surface area contributed by atoms with Gasteiger partial charge in [-0.25, -0.2) is 4.79 Å². The molecule has 0 bridgehead atoms. The molecule has 0 unspecified atom stereocenters. The molecule has 3 nitrogen and oxygen atoms in total. The third-order valence-electron chi connectivity index (χ3n) is 2.64. The van der Waals surface area contributed by atoms with E-state index in [1.807, 2.05) is 19.9 Å². The van der Waals surface area contributed by atoms with Gasteiger partial charge in [0.1, 0.15) is 18.1 Å².